The molecule has 2 aliphatic rings. The van der Waals surface area contributed by atoms with Gasteiger partial charge in [-0.05, 0) is 49.4 Å². The summed E-state index contributed by atoms with van der Waals surface area (Å²) in [5.41, 5.74) is 0. The van der Waals surface area contributed by atoms with Gasteiger partial charge < -0.3 is 9.47 Å². The number of carbonyl (C=O) groups excluding carboxylic acids is 2. The Labute approximate surface area is 261 Å². The Bertz CT molecular complexity index is 595. The van der Waals surface area contributed by atoms with E-state index in [2.05, 4.69) is 13.8 Å². The standard InChI is InChI=1S/C38H70O4/c1-33(2)36(25-13-9-5-3-7-11-19-31-41-37(39)29-27-34-21-15-16-22-34)26-14-10-6-4-8-12-20-32-42-38(40)30-28-35-23-17-18-24-35/h33-36H,3-32H2,1-2H3. The van der Waals surface area contributed by atoms with E-state index in [-0.39, 0.29) is 11.9 Å². The third-order valence-corrected chi connectivity index (χ3v) is 10.4. The van der Waals surface area contributed by atoms with Gasteiger partial charge >= 0.3 is 11.9 Å². The molecule has 0 heterocycles. The topological polar surface area (TPSA) is 52.6 Å². The minimum Gasteiger partial charge on any atom is -0.466 e. The van der Waals surface area contributed by atoms with Crippen LogP contribution in [-0.4, -0.2) is 25.2 Å². The van der Waals surface area contributed by atoms with E-state index in [1.807, 2.05) is 0 Å². The quantitative estimate of drug-likeness (QED) is 0.0705. The molecule has 2 saturated carbocycles. The summed E-state index contributed by atoms with van der Waals surface area (Å²) < 4.78 is 10.9. The molecule has 4 nitrogen and oxygen atoms in total. The fraction of sp³-hybridized carbons (Fsp3) is 0.947. The Kier molecular flexibility index (Phi) is 22.4. The predicted octanol–water partition coefficient (Wildman–Crippen LogP) is 11.5. The zero-order valence-electron chi connectivity index (χ0n) is 28.2. The molecule has 2 aliphatic carbocycles. The van der Waals surface area contributed by atoms with Crippen molar-refractivity contribution in [2.75, 3.05) is 13.2 Å². The van der Waals surface area contributed by atoms with Crippen LogP contribution in [0.2, 0.25) is 0 Å². The Morgan fingerprint density at radius 1 is 0.524 bits per heavy atom. The molecule has 0 saturated heterocycles. The Morgan fingerprint density at radius 3 is 1.21 bits per heavy atom. The molecule has 0 bridgehead atoms. The van der Waals surface area contributed by atoms with Gasteiger partial charge in [-0.3, -0.25) is 9.59 Å². The summed E-state index contributed by atoms with van der Waals surface area (Å²) in [7, 11) is 0. The summed E-state index contributed by atoms with van der Waals surface area (Å²) in [6.45, 7) is 6.06. The second-order valence-corrected chi connectivity index (χ2v) is 14.4. The van der Waals surface area contributed by atoms with Gasteiger partial charge in [0.25, 0.3) is 0 Å². The molecule has 0 aromatic rings. The van der Waals surface area contributed by atoms with Crippen molar-refractivity contribution in [1.82, 2.24) is 0 Å². The molecular formula is C38H70O4. The molecule has 2 rings (SSSR count). The molecular weight excluding hydrogens is 520 g/mol. The molecule has 0 aromatic heterocycles. The lowest BCUT2D eigenvalue weighted by Gasteiger charge is -2.20. The van der Waals surface area contributed by atoms with Crippen LogP contribution in [0.15, 0.2) is 0 Å². The highest BCUT2D eigenvalue weighted by atomic mass is 16.5. The lowest BCUT2D eigenvalue weighted by atomic mass is 9.85. The molecule has 0 aromatic carbocycles. The molecule has 0 spiro atoms. The van der Waals surface area contributed by atoms with E-state index >= 15 is 0 Å². The van der Waals surface area contributed by atoms with E-state index in [0.29, 0.717) is 26.1 Å². The van der Waals surface area contributed by atoms with Crippen LogP contribution in [0.25, 0.3) is 0 Å². The first-order valence-electron chi connectivity index (χ1n) is 18.9. The fourth-order valence-electron chi connectivity index (χ4n) is 7.35. The maximum atomic E-state index is 11.9. The zero-order chi connectivity index (χ0) is 30.1. The van der Waals surface area contributed by atoms with E-state index < -0.39 is 0 Å². The van der Waals surface area contributed by atoms with Gasteiger partial charge in [0.05, 0.1) is 13.2 Å². The van der Waals surface area contributed by atoms with Gasteiger partial charge in [0.2, 0.25) is 0 Å². The highest BCUT2D eigenvalue weighted by Crippen LogP contribution is 2.29. The van der Waals surface area contributed by atoms with E-state index in [4.69, 9.17) is 9.47 Å². The number of rotatable bonds is 27. The number of esters is 2. The maximum Gasteiger partial charge on any atom is 0.305 e. The van der Waals surface area contributed by atoms with Crippen molar-refractivity contribution < 1.29 is 19.1 Å². The van der Waals surface area contributed by atoms with E-state index in [0.717, 1.165) is 49.4 Å². The number of hydrogen-bond acceptors (Lipinski definition) is 4. The number of hydrogen-bond donors (Lipinski definition) is 0. The van der Waals surface area contributed by atoms with Crippen LogP contribution in [0, 0.1) is 23.7 Å². The average molecular weight is 591 g/mol. The van der Waals surface area contributed by atoms with Crippen LogP contribution in [0.4, 0.5) is 0 Å². The first-order chi connectivity index (χ1) is 20.5. The molecule has 0 radical (unpaired) electrons. The molecule has 0 unspecified atom stereocenters. The molecule has 0 atom stereocenters. The van der Waals surface area contributed by atoms with Crippen LogP contribution in [0.3, 0.4) is 0 Å². The summed E-state index contributed by atoms with van der Waals surface area (Å²) in [6.07, 6.45) is 34.6. The SMILES string of the molecule is CC(C)C(CCCCCCCCCOC(=O)CCC1CCCC1)CCCCCCCCCOC(=O)CCC1CCCC1. The van der Waals surface area contributed by atoms with Gasteiger partial charge in [-0.1, -0.05) is 155 Å². The number of unbranched alkanes of at least 4 members (excludes halogenated alkanes) is 12. The molecule has 246 valence electrons. The molecule has 0 N–H and O–H groups in total. The van der Waals surface area contributed by atoms with Gasteiger partial charge in [0.1, 0.15) is 0 Å². The summed E-state index contributed by atoms with van der Waals surface area (Å²) >= 11 is 0. The van der Waals surface area contributed by atoms with Crippen molar-refractivity contribution in [3.63, 3.8) is 0 Å². The summed E-state index contributed by atoms with van der Waals surface area (Å²) in [6, 6.07) is 0. The highest BCUT2D eigenvalue weighted by molar-refractivity contribution is 5.69. The van der Waals surface area contributed by atoms with Crippen molar-refractivity contribution in [3.8, 4) is 0 Å². The van der Waals surface area contributed by atoms with Crippen molar-refractivity contribution in [1.29, 1.82) is 0 Å². The van der Waals surface area contributed by atoms with E-state index in [9.17, 15) is 9.59 Å². The Balaban J connectivity index is 1.30. The van der Waals surface area contributed by atoms with Crippen LogP contribution >= 0.6 is 0 Å². The van der Waals surface area contributed by atoms with Gasteiger partial charge in [-0.2, -0.15) is 0 Å². The number of carbonyl (C=O) groups is 2. The first kappa shape index (κ1) is 37.1. The first-order valence-corrected chi connectivity index (χ1v) is 18.9. The van der Waals surface area contributed by atoms with Crippen LogP contribution in [0.1, 0.15) is 194 Å². The molecule has 42 heavy (non-hydrogen) atoms. The van der Waals surface area contributed by atoms with E-state index in [1.54, 1.807) is 0 Å². The monoisotopic (exact) mass is 591 g/mol. The van der Waals surface area contributed by atoms with Crippen LogP contribution in [-0.2, 0) is 19.1 Å². The van der Waals surface area contributed by atoms with Gasteiger partial charge in [0.15, 0.2) is 0 Å². The summed E-state index contributed by atoms with van der Waals surface area (Å²) in [5, 5.41) is 0. The average Bonchev–Trinajstić information content (AvgIpc) is 3.70. The molecule has 4 heteroatoms. The third kappa shape index (κ3) is 20.0. The van der Waals surface area contributed by atoms with E-state index in [1.165, 1.54) is 141 Å². The zero-order valence-corrected chi connectivity index (χ0v) is 28.2. The smallest absolute Gasteiger partial charge is 0.305 e. The summed E-state index contributed by atoms with van der Waals surface area (Å²) in [4.78, 5) is 23.8. The van der Waals surface area contributed by atoms with Gasteiger partial charge in [0, 0.05) is 12.8 Å². The lowest BCUT2D eigenvalue weighted by Crippen LogP contribution is -2.09. The molecule has 2 fully saturated rings. The van der Waals surface area contributed by atoms with Crippen molar-refractivity contribution in [2.45, 2.75) is 194 Å². The Morgan fingerprint density at radius 2 is 0.857 bits per heavy atom. The fourth-order valence-corrected chi connectivity index (χ4v) is 7.35. The molecule has 0 amide bonds. The third-order valence-electron chi connectivity index (χ3n) is 10.4. The minimum absolute atomic E-state index is 0.0253. The number of ether oxygens (including phenoxy) is 2. The second kappa shape index (κ2) is 25.3. The predicted molar refractivity (Wildman–Crippen MR) is 177 cm³/mol. The van der Waals surface area contributed by atoms with Crippen LogP contribution < -0.4 is 0 Å². The Hall–Kier alpha value is -1.06. The maximum absolute atomic E-state index is 11.9. The summed E-state index contributed by atoms with van der Waals surface area (Å²) in [5.74, 6) is 3.29. The van der Waals surface area contributed by atoms with Gasteiger partial charge in [-0.25, -0.2) is 0 Å². The van der Waals surface area contributed by atoms with Crippen molar-refractivity contribution in [2.24, 2.45) is 23.7 Å². The largest absolute Gasteiger partial charge is 0.466 e. The highest BCUT2D eigenvalue weighted by Gasteiger charge is 2.17. The minimum atomic E-state index is 0.0253. The normalized spacial score (nSPS) is 16.2. The van der Waals surface area contributed by atoms with Crippen molar-refractivity contribution >= 4 is 11.9 Å². The molecule has 0 aliphatic heterocycles. The van der Waals surface area contributed by atoms with Crippen LogP contribution in [0.5, 0.6) is 0 Å². The van der Waals surface area contributed by atoms with Gasteiger partial charge in [-0.15, -0.1) is 0 Å². The second-order valence-electron chi connectivity index (χ2n) is 14.4. The van der Waals surface area contributed by atoms with Crippen molar-refractivity contribution in [3.05, 3.63) is 0 Å². The lowest BCUT2D eigenvalue weighted by molar-refractivity contribution is -0.145.